The molecule has 0 spiro atoms. The topological polar surface area (TPSA) is 0 Å². The molecular weight excluding hydrogens is 117 g/mol. The smallest absolute Gasteiger partial charge is 0.244 e. The van der Waals surface area contributed by atoms with Gasteiger partial charge >= 0.3 is 0 Å². The van der Waals surface area contributed by atoms with E-state index in [2.05, 4.69) is 6.58 Å². The maximum atomic E-state index is 11.7. The summed E-state index contributed by atoms with van der Waals surface area (Å²) < 4.78 is 34.6. The van der Waals surface area contributed by atoms with E-state index < -0.39 is 19.0 Å². The highest BCUT2D eigenvalue weighted by Crippen LogP contribution is 2.18. The molecule has 0 aliphatic heterocycles. The van der Waals surface area contributed by atoms with E-state index in [9.17, 15) is 13.2 Å². The molecule has 0 saturated carbocycles. The molecule has 0 heterocycles. The Morgan fingerprint density at radius 1 is 1.50 bits per heavy atom. The average molecular weight is 124 g/mol. The summed E-state index contributed by atoms with van der Waals surface area (Å²) >= 11 is 0. The molecule has 0 saturated heterocycles. The molecule has 0 aromatic rings. The van der Waals surface area contributed by atoms with Crippen molar-refractivity contribution in [3.8, 4) is 0 Å². The first-order valence-electron chi connectivity index (χ1n) is 2.17. The summed E-state index contributed by atoms with van der Waals surface area (Å²) in [7, 11) is 0. The number of rotatable bonds is 3. The van der Waals surface area contributed by atoms with Crippen molar-refractivity contribution < 1.29 is 13.2 Å². The fourth-order valence-corrected chi connectivity index (χ4v) is 0.266. The molecule has 0 rings (SSSR count). The first-order valence-corrected chi connectivity index (χ1v) is 2.17. The molecular formula is C5H7F3. The molecule has 0 nitrogen and oxygen atoms in total. The number of hydrogen-bond donors (Lipinski definition) is 0. The molecule has 3 heteroatoms. The van der Waals surface area contributed by atoms with Crippen molar-refractivity contribution in [1.82, 2.24) is 0 Å². The Morgan fingerprint density at radius 3 is 2.12 bits per heavy atom. The number of allylic oxidation sites excluding steroid dienone is 1. The fourth-order valence-electron chi connectivity index (χ4n) is 0.266. The van der Waals surface area contributed by atoms with Gasteiger partial charge in [-0.2, -0.15) is 0 Å². The van der Waals surface area contributed by atoms with E-state index in [1.54, 1.807) is 0 Å². The molecule has 48 valence electrons. The summed E-state index contributed by atoms with van der Waals surface area (Å²) in [5.74, 6) is -3.19. The highest BCUT2D eigenvalue weighted by atomic mass is 19.3. The summed E-state index contributed by atoms with van der Waals surface area (Å²) in [6, 6.07) is 0. The molecule has 0 aromatic carbocycles. The fraction of sp³-hybridized carbons (Fsp3) is 0.600. The van der Waals surface area contributed by atoms with Crippen LogP contribution in [0.5, 0.6) is 0 Å². The summed E-state index contributed by atoms with van der Waals surface area (Å²) in [5.41, 5.74) is 0. The van der Waals surface area contributed by atoms with Gasteiger partial charge in [-0.1, -0.05) is 6.08 Å². The minimum atomic E-state index is -3.19. The molecule has 8 heavy (non-hydrogen) atoms. The average Bonchev–Trinajstić information content (AvgIpc) is 1.67. The third kappa shape index (κ3) is 2.66. The van der Waals surface area contributed by atoms with Gasteiger partial charge in [-0.25, -0.2) is 13.2 Å². The third-order valence-electron chi connectivity index (χ3n) is 0.638. The van der Waals surface area contributed by atoms with Gasteiger partial charge in [0.25, 0.3) is 5.92 Å². The zero-order valence-electron chi connectivity index (χ0n) is 4.33. The van der Waals surface area contributed by atoms with Crippen molar-refractivity contribution in [2.75, 3.05) is 6.67 Å². The second-order valence-corrected chi connectivity index (χ2v) is 1.48. The van der Waals surface area contributed by atoms with E-state index in [1.807, 2.05) is 0 Å². The molecule has 0 amide bonds. The van der Waals surface area contributed by atoms with E-state index in [0.29, 0.717) is 0 Å². The van der Waals surface area contributed by atoms with Crippen molar-refractivity contribution in [2.24, 2.45) is 0 Å². The highest BCUT2D eigenvalue weighted by Gasteiger charge is 2.26. The Morgan fingerprint density at radius 2 is 2.00 bits per heavy atom. The van der Waals surface area contributed by atoms with Gasteiger partial charge in [-0.15, -0.1) is 6.58 Å². The van der Waals surface area contributed by atoms with Crippen LogP contribution in [0.3, 0.4) is 0 Å². The first-order chi connectivity index (χ1) is 3.62. The Hall–Kier alpha value is -0.470. The molecule has 0 N–H and O–H groups in total. The Labute approximate surface area is 46.0 Å². The van der Waals surface area contributed by atoms with Gasteiger partial charge in [0.05, 0.1) is 0 Å². The lowest BCUT2D eigenvalue weighted by molar-refractivity contribution is -0.0190. The van der Waals surface area contributed by atoms with Crippen LogP contribution in [-0.4, -0.2) is 12.6 Å². The van der Waals surface area contributed by atoms with Crippen LogP contribution in [0.15, 0.2) is 12.7 Å². The maximum absolute atomic E-state index is 11.7. The standard InChI is InChI=1S/C5H7F3/c1-2-3-5(7,8)4-6/h2H,1,3-4H2. The third-order valence-corrected chi connectivity index (χ3v) is 0.638. The van der Waals surface area contributed by atoms with E-state index in [0.717, 1.165) is 6.08 Å². The van der Waals surface area contributed by atoms with Crippen LogP contribution >= 0.6 is 0 Å². The van der Waals surface area contributed by atoms with Gasteiger partial charge in [0.15, 0.2) is 6.67 Å². The second-order valence-electron chi connectivity index (χ2n) is 1.48. The van der Waals surface area contributed by atoms with Gasteiger partial charge < -0.3 is 0 Å². The SMILES string of the molecule is C=CCC(F)(F)CF. The van der Waals surface area contributed by atoms with Crippen LogP contribution in [-0.2, 0) is 0 Å². The zero-order valence-corrected chi connectivity index (χ0v) is 4.33. The first kappa shape index (κ1) is 7.53. The Kier molecular flexibility index (Phi) is 2.58. The van der Waals surface area contributed by atoms with E-state index in [1.165, 1.54) is 0 Å². The molecule has 0 aromatic heterocycles. The Balaban J connectivity index is 3.53. The number of hydrogen-bond acceptors (Lipinski definition) is 0. The lowest BCUT2D eigenvalue weighted by Gasteiger charge is -2.06. The van der Waals surface area contributed by atoms with E-state index in [-0.39, 0.29) is 0 Å². The van der Waals surface area contributed by atoms with Crippen LogP contribution in [0.2, 0.25) is 0 Å². The second kappa shape index (κ2) is 2.74. The maximum Gasteiger partial charge on any atom is 0.279 e. The molecule has 0 radical (unpaired) electrons. The number of alkyl halides is 3. The van der Waals surface area contributed by atoms with Gasteiger partial charge in [0, 0.05) is 6.42 Å². The predicted molar refractivity (Wildman–Crippen MR) is 25.7 cm³/mol. The minimum Gasteiger partial charge on any atom is -0.244 e. The summed E-state index contributed by atoms with van der Waals surface area (Å²) in [5, 5.41) is 0. The molecule has 0 aliphatic rings. The molecule has 0 bridgehead atoms. The van der Waals surface area contributed by atoms with Crippen molar-refractivity contribution >= 4 is 0 Å². The number of halogens is 3. The predicted octanol–water partition coefficient (Wildman–Crippen LogP) is 2.17. The van der Waals surface area contributed by atoms with Crippen molar-refractivity contribution in [1.29, 1.82) is 0 Å². The van der Waals surface area contributed by atoms with Crippen molar-refractivity contribution in [3.63, 3.8) is 0 Å². The lowest BCUT2D eigenvalue weighted by atomic mass is 10.3. The zero-order chi connectivity index (χ0) is 6.62. The van der Waals surface area contributed by atoms with Crippen LogP contribution < -0.4 is 0 Å². The van der Waals surface area contributed by atoms with Crippen molar-refractivity contribution in [2.45, 2.75) is 12.3 Å². The lowest BCUT2D eigenvalue weighted by Crippen LogP contribution is -2.16. The minimum absolute atomic E-state index is 0.580. The van der Waals surface area contributed by atoms with Crippen molar-refractivity contribution in [3.05, 3.63) is 12.7 Å². The van der Waals surface area contributed by atoms with Crippen LogP contribution in [0.25, 0.3) is 0 Å². The molecule has 0 unspecified atom stereocenters. The largest absolute Gasteiger partial charge is 0.279 e. The van der Waals surface area contributed by atoms with Gasteiger partial charge in [-0.3, -0.25) is 0 Å². The van der Waals surface area contributed by atoms with E-state index >= 15 is 0 Å². The monoisotopic (exact) mass is 124 g/mol. The summed E-state index contributed by atoms with van der Waals surface area (Å²) in [4.78, 5) is 0. The van der Waals surface area contributed by atoms with Gasteiger partial charge in [-0.05, 0) is 0 Å². The van der Waals surface area contributed by atoms with Gasteiger partial charge in [0.2, 0.25) is 0 Å². The van der Waals surface area contributed by atoms with Crippen LogP contribution in [0.4, 0.5) is 13.2 Å². The van der Waals surface area contributed by atoms with Gasteiger partial charge in [0.1, 0.15) is 0 Å². The Bertz CT molecular complexity index is 77.7. The quantitative estimate of drug-likeness (QED) is 0.506. The molecule has 0 fully saturated rings. The molecule has 0 aliphatic carbocycles. The molecule has 0 atom stereocenters. The van der Waals surface area contributed by atoms with E-state index in [4.69, 9.17) is 0 Å². The van der Waals surface area contributed by atoms with Crippen LogP contribution in [0.1, 0.15) is 6.42 Å². The summed E-state index contributed by atoms with van der Waals surface area (Å²) in [6.07, 6.45) is 0.420. The highest BCUT2D eigenvalue weighted by molar-refractivity contribution is 4.77. The normalized spacial score (nSPS) is 11.4. The van der Waals surface area contributed by atoms with Crippen LogP contribution in [0, 0.1) is 0 Å². The summed E-state index contributed by atoms with van der Waals surface area (Å²) in [6.45, 7) is 1.45.